The number of nitrogens with one attached hydrogen (secondary N) is 1. The molecule has 0 amide bonds. The van der Waals surface area contributed by atoms with Crippen LogP contribution in [0.2, 0.25) is 0 Å². The molecule has 3 rings (SSSR count). The molecule has 0 radical (unpaired) electrons. The summed E-state index contributed by atoms with van der Waals surface area (Å²) in [4.78, 5) is 3.11. The fourth-order valence-electron chi connectivity index (χ4n) is 2.71. The van der Waals surface area contributed by atoms with Crippen LogP contribution in [0.25, 0.3) is 0 Å². The molecule has 0 aliphatic heterocycles. The SMILES string of the molecule is Cc1ccc(S(N)(=O)=Nc2c[nH]c3c2CCCC3)c(F)c1. The molecule has 1 aromatic heterocycles. The highest BCUT2D eigenvalue weighted by atomic mass is 32.2. The summed E-state index contributed by atoms with van der Waals surface area (Å²) < 4.78 is 30.8. The highest BCUT2D eigenvalue weighted by molar-refractivity contribution is 7.91. The molecule has 6 heteroatoms. The van der Waals surface area contributed by atoms with Gasteiger partial charge >= 0.3 is 0 Å². The van der Waals surface area contributed by atoms with Crippen LogP contribution in [0.5, 0.6) is 0 Å². The lowest BCUT2D eigenvalue weighted by Gasteiger charge is -2.12. The van der Waals surface area contributed by atoms with Gasteiger partial charge in [-0.3, -0.25) is 0 Å². The molecule has 0 spiro atoms. The van der Waals surface area contributed by atoms with Crippen LogP contribution in [-0.2, 0) is 22.8 Å². The van der Waals surface area contributed by atoms with E-state index in [9.17, 15) is 8.60 Å². The zero-order valence-electron chi connectivity index (χ0n) is 11.9. The molecular weight excluding hydrogens is 289 g/mol. The summed E-state index contributed by atoms with van der Waals surface area (Å²) in [5.41, 5.74) is 3.54. The Bertz CT molecular complexity index is 803. The second-order valence-corrected chi connectivity index (χ2v) is 7.19. The predicted molar refractivity (Wildman–Crippen MR) is 81.3 cm³/mol. The number of hydrogen-bond acceptors (Lipinski definition) is 2. The van der Waals surface area contributed by atoms with E-state index in [1.807, 2.05) is 0 Å². The summed E-state index contributed by atoms with van der Waals surface area (Å²) in [6.07, 6.45) is 5.79. The number of aromatic amines is 1. The normalized spacial score (nSPS) is 17.1. The van der Waals surface area contributed by atoms with Gasteiger partial charge in [0.25, 0.3) is 0 Å². The first-order valence-electron chi connectivity index (χ1n) is 6.97. The number of aromatic nitrogens is 1. The van der Waals surface area contributed by atoms with Crippen molar-refractivity contribution in [1.82, 2.24) is 4.98 Å². The summed E-state index contributed by atoms with van der Waals surface area (Å²) in [6, 6.07) is 4.46. The van der Waals surface area contributed by atoms with E-state index in [0.717, 1.165) is 42.5 Å². The number of halogens is 1. The summed E-state index contributed by atoms with van der Waals surface area (Å²) in [5, 5.41) is 5.82. The Kier molecular flexibility index (Phi) is 3.59. The molecule has 0 bridgehead atoms. The van der Waals surface area contributed by atoms with Gasteiger partial charge in [-0.2, -0.15) is 4.36 Å². The van der Waals surface area contributed by atoms with Gasteiger partial charge in [0.1, 0.15) is 15.7 Å². The maximum absolute atomic E-state index is 14.0. The second-order valence-electron chi connectivity index (χ2n) is 5.43. The Morgan fingerprint density at radius 1 is 1.33 bits per heavy atom. The maximum Gasteiger partial charge on any atom is 0.142 e. The van der Waals surface area contributed by atoms with Crippen molar-refractivity contribution >= 4 is 15.6 Å². The van der Waals surface area contributed by atoms with E-state index in [4.69, 9.17) is 5.14 Å². The van der Waals surface area contributed by atoms with Gasteiger partial charge in [0.15, 0.2) is 0 Å². The average Bonchev–Trinajstić information content (AvgIpc) is 2.81. The molecule has 1 aliphatic carbocycles. The fraction of sp³-hybridized carbons (Fsp3) is 0.333. The van der Waals surface area contributed by atoms with Crippen LogP contribution in [0.4, 0.5) is 10.1 Å². The smallest absolute Gasteiger partial charge is 0.142 e. The summed E-state index contributed by atoms with van der Waals surface area (Å²) in [5.74, 6) is -0.573. The van der Waals surface area contributed by atoms with Gasteiger partial charge in [-0.15, -0.1) is 0 Å². The Morgan fingerprint density at radius 3 is 2.86 bits per heavy atom. The number of fused-ring (bicyclic) bond motifs is 1. The van der Waals surface area contributed by atoms with Crippen molar-refractivity contribution in [3.05, 3.63) is 47.0 Å². The number of nitrogens with zero attached hydrogens (tertiary/aromatic N) is 1. The van der Waals surface area contributed by atoms with E-state index in [1.54, 1.807) is 19.2 Å². The monoisotopic (exact) mass is 307 g/mol. The number of H-pyrrole nitrogens is 1. The Balaban J connectivity index is 2.09. The van der Waals surface area contributed by atoms with E-state index >= 15 is 0 Å². The minimum Gasteiger partial charge on any atom is -0.363 e. The molecule has 21 heavy (non-hydrogen) atoms. The topological polar surface area (TPSA) is 71.2 Å². The molecule has 0 saturated heterocycles. The third-order valence-corrected chi connectivity index (χ3v) is 5.23. The number of benzene rings is 1. The molecule has 0 saturated carbocycles. The van der Waals surface area contributed by atoms with E-state index in [0.29, 0.717) is 5.69 Å². The number of rotatable bonds is 2. The van der Waals surface area contributed by atoms with Crippen molar-refractivity contribution in [1.29, 1.82) is 0 Å². The molecule has 3 N–H and O–H groups in total. The molecular formula is C15H18FN3OS. The van der Waals surface area contributed by atoms with E-state index in [-0.39, 0.29) is 4.90 Å². The van der Waals surface area contributed by atoms with Gasteiger partial charge in [0.2, 0.25) is 0 Å². The molecule has 1 unspecified atom stereocenters. The lowest BCUT2D eigenvalue weighted by Crippen LogP contribution is -2.14. The maximum atomic E-state index is 14.0. The summed E-state index contributed by atoms with van der Waals surface area (Å²) in [6.45, 7) is 1.77. The van der Waals surface area contributed by atoms with Crippen LogP contribution >= 0.6 is 0 Å². The van der Waals surface area contributed by atoms with Crippen LogP contribution < -0.4 is 5.14 Å². The van der Waals surface area contributed by atoms with Crippen molar-refractivity contribution in [3.63, 3.8) is 0 Å². The lowest BCUT2D eigenvalue weighted by atomic mass is 9.97. The number of hydrogen-bond donors (Lipinski definition) is 2. The summed E-state index contributed by atoms with van der Waals surface area (Å²) >= 11 is 0. The quantitative estimate of drug-likeness (QED) is 0.877. The van der Waals surface area contributed by atoms with Crippen LogP contribution in [0.1, 0.15) is 29.7 Å². The predicted octanol–water partition coefficient (Wildman–Crippen LogP) is 3.37. The minimum absolute atomic E-state index is 0.0427. The van der Waals surface area contributed by atoms with Gasteiger partial charge < -0.3 is 4.98 Å². The van der Waals surface area contributed by atoms with Crippen molar-refractivity contribution in [3.8, 4) is 0 Å². The highest BCUT2D eigenvalue weighted by Crippen LogP contribution is 2.31. The van der Waals surface area contributed by atoms with Crippen molar-refractivity contribution in [2.75, 3.05) is 0 Å². The molecule has 1 heterocycles. The first-order chi connectivity index (χ1) is 9.97. The van der Waals surface area contributed by atoms with Crippen LogP contribution in [0.3, 0.4) is 0 Å². The Morgan fingerprint density at radius 2 is 2.10 bits per heavy atom. The van der Waals surface area contributed by atoms with Gasteiger partial charge in [0.05, 0.1) is 10.6 Å². The lowest BCUT2D eigenvalue weighted by molar-refractivity contribution is 0.593. The molecule has 1 aromatic carbocycles. The molecule has 2 aromatic rings. The molecule has 0 fully saturated rings. The molecule has 4 nitrogen and oxygen atoms in total. The third kappa shape index (κ3) is 2.73. The van der Waals surface area contributed by atoms with Crippen LogP contribution in [0.15, 0.2) is 33.7 Å². The van der Waals surface area contributed by atoms with Gasteiger partial charge in [-0.05, 0) is 55.9 Å². The van der Waals surface area contributed by atoms with Crippen molar-refractivity contribution in [2.45, 2.75) is 37.5 Å². The zero-order chi connectivity index (χ0) is 15.0. The first kappa shape index (κ1) is 14.3. The number of nitrogens with two attached hydrogens (primary N) is 1. The number of aryl methyl sites for hydroxylation is 2. The van der Waals surface area contributed by atoms with Crippen LogP contribution in [-0.4, -0.2) is 9.19 Å². The third-order valence-electron chi connectivity index (χ3n) is 3.80. The molecule has 112 valence electrons. The summed E-state index contributed by atoms with van der Waals surface area (Å²) in [7, 11) is -3.28. The van der Waals surface area contributed by atoms with E-state index < -0.39 is 15.7 Å². The van der Waals surface area contributed by atoms with Crippen molar-refractivity contribution in [2.24, 2.45) is 9.50 Å². The Hall–Kier alpha value is -1.66. The first-order valence-corrected chi connectivity index (χ1v) is 8.55. The standard InChI is InChI=1S/C15H18FN3OS/c1-10-6-7-15(12(16)8-10)21(17,20)19-14-9-18-13-5-3-2-4-11(13)14/h6-9,18H,2-5H2,1H3,(H2,17,19,20). The van der Waals surface area contributed by atoms with Gasteiger partial charge in [-0.25, -0.2) is 13.7 Å². The van der Waals surface area contributed by atoms with Crippen LogP contribution in [0, 0.1) is 12.7 Å². The minimum atomic E-state index is -3.28. The second kappa shape index (κ2) is 5.27. The molecule has 1 aliphatic rings. The largest absolute Gasteiger partial charge is 0.363 e. The van der Waals surface area contributed by atoms with E-state index in [1.165, 1.54) is 12.1 Å². The highest BCUT2D eigenvalue weighted by Gasteiger charge is 2.18. The Labute approximate surface area is 123 Å². The average molecular weight is 307 g/mol. The fourth-order valence-corrected chi connectivity index (χ4v) is 3.86. The molecule has 1 atom stereocenters. The zero-order valence-corrected chi connectivity index (χ0v) is 12.7. The van der Waals surface area contributed by atoms with Gasteiger partial charge in [0, 0.05) is 11.9 Å². The van der Waals surface area contributed by atoms with E-state index in [2.05, 4.69) is 9.35 Å². The van der Waals surface area contributed by atoms with Gasteiger partial charge in [-0.1, -0.05) is 6.07 Å². The van der Waals surface area contributed by atoms with Crippen molar-refractivity contribution < 1.29 is 8.60 Å².